The molecule has 6 nitrogen and oxygen atoms in total. The van der Waals surface area contributed by atoms with Crippen molar-refractivity contribution in [3.05, 3.63) is 75.5 Å². The summed E-state index contributed by atoms with van der Waals surface area (Å²) in [6.07, 6.45) is 1.09. The van der Waals surface area contributed by atoms with Crippen LogP contribution in [0.1, 0.15) is 28.0 Å². The Morgan fingerprint density at radius 3 is 2.78 bits per heavy atom. The first-order valence-electron chi connectivity index (χ1n) is 8.82. The third kappa shape index (κ3) is 3.33. The second kappa shape index (κ2) is 6.92. The van der Waals surface area contributed by atoms with Crippen molar-refractivity contribution in [3.63, 3.8) is 0 Å². The zero-order valence-electron chi connectivity index (χ0n) is 14.6. The maximum absolute atomic E-state index is 14.3. The Morgan fingerprint density at radius 2 is 2.04 bits per heavy atom. The van der Waals surface area contributed by atoms with E-state index in [1.165, 1.54) is 6.07 Å². The van der Waals surface area contributed by atoms with Crippen LogP contribution < -0.4 is 11.3 Å². The number of hydrogen-bond donors (Lipinski definition) is 2. The van der Waals surface area contributed by atoms with Gasteiger partial charge in [0.2, 0.25) is 0 Å². The van der Waals surface area contributed by atoms with Gasteiger partial charge in [0, 0.05) is 30.9 Å². The molecule has 0 bridgehead atoms. The summed E-state index contributed by atoms with van der Waals surface area (Å²) in [5.41, 5.74) is 7.04. The summed E-state index contributed by atoms with van der Waals surface area (Å²) in [6.45, 7) is 0.977. The second-order valence-corrected chi connectivity index (χ2v) is 6.84. The van der Waals surface area contributed by atoms with E-state index in [9.17, 15) is 14.0 Å². The number of amides is 1. The molecule has 1 fully saturated rings. The number of benzene rings is 2. The van der Waals surface area contributed by atoms with Crippen molar-refractivity contribution < 1.29 is 9.18 Å². The van der Waals surface area contributed by atoms with E-state index in [1.807, 2.05) is 12.1 Å². The van der Waals surface area contributed by atoms with E-state index in [0.717, 1.165) is 17.4 Å². The van der Waals surface area contributed by atoms with Crippen LogP contribution in [0.15, 0.2) is 47.3 Å². The van der Waals surface area contributed by atoms with Gasteiger partial charge < -0.3 is 10.6 Å². The highest BCUT2D eigenvalue weighted by Crippen LogP contribution is 2.20. The van der Waals surface area contributed by atoms with Gasteiger partial charge >= 0.3 is 0 Å². The predicted molar refractivity (Wildman–Crippen MR) is 100 cm³/mol. The van der Waals surface area contributed by atoms with E-state index in [2.05, 4.69) is 10.2 Å². The molecule has 1 saturated heterocycles. The van der Waals surface area contributed by atoms with Gasteiger partial charge in [-0.05, 0) is 30.2 Å². The van der Waals surface area contributed by atoms with Gasteiger partial charge in [-0.3, -0.25) is 9.59 Å². The molecule has 0 radical (unpaired) electrons. The molecule has 0 saturated carbocycles. The fraction of sp³-hybridized carbons (Fsp3) is 0.250. The molecule has 1 amide bonds. The van der Waals surface area contributed by atoms with Crippen molar-refractivity contribution in [2.24, 2.45) is 5.73 Å². The Labute approximate surface area is 154 Å². The number of nitrogens with two attached hydrogens (primary N) is 1. The number of aromatic nitrogens is 2. The average Bonchev–Trinajstić information content (AvgIpc) is 3.11. The number of rotatable bonds is 3. The smallest absolute Gasteiger partial charge is 0.272 e. The van der Waals surface area contributed by atoms with Gasteiger partial charge in [-0.15, -0.1) is 0 Å². The van der Waals surface area contributed by atoms with Crippen molar-refractivity contribution >= 4 is 16.7 Å². The number of likely N-dealkylation sites (tertiary alicyclic amines) is 1. The van der Waals surface area contributed by atoms with E-state index in [-0.39, 0.29) is 23.1 Å². The van der Waals surface area contributed by atoms with Crippen molar-refractivity contribution in [2.45, 2.75) is 18.9 Å². The molecule has 2 heterocycles. The normalized spacial score (nSPS) is 16.8. The lowest BCUT2D eigenvalue weighted by molar-refractivity contribution is 0.0786. The number of H-pyrrole nitrogens is 1. The second-order valence-electron chi connectivity index (χ2n) is 6.84. The lowest BCUT2D eigenvalue weighted by Crippen LogP contribution is -2.32. The number of nitrogens with one attached hydrogen (secondary N) is 1. The van der Waals surface area contributed by atoms with Gasteiger partial charge in [0.05, 0.1) is 16.6 Å². The first kappa shape index (κ1) is 17.4. The summed E-state index contributed by atoms with van der Waals surface area (Å²) in [7, 11) is 0. The standard InChI is InChI=1S/C20H19FN4O2/c21-17-6-5-12(9-16(17)20(27)25-8-7-13(22)11-25)10-18-14-3-1-2-4-15(14)19(26)24-23-18/h1-6,9,13H,7-8,10-11,22H2,(H,24,26)/t13-/m1/s1. The van der Waals surface area contributed by atoms with Crippen LogP contribution in [0.25, 0.3) is 10.8 Å². The van der Waals surface area contributed by atoms with Gasteiger partial charge in [0.25, 0.3) is 11.5 Å². The molecular weight excluding hydrogens is 347 g/mol. The van der Waals surface area contributed by atoms with E-state index < -0.39 is 5.82 Å². The highest BCUT2D eigenvalue weighted by atomic mass is 19.1. The number of carbonyl (C=O) groups excluding carboxylic acids is 1. The Kier molecular flexibility index (Phi) is 4.45. The SMILES string of the molecule is N[C@@H]1CCN(C(=O)c2cc(Cc3n[nH]c(=O)c4ccccc34)ccc2F)C1. The van der Waals surface area contributed by atoms with Gasteiger partial charge in [-0.2, -0.15) is 5.10 Å². The summed E-state index contributed by atoms with van der Waals surface area (Å²) >= 11 is 0. The molecule has 138 valence electrons. The first-order valence-corrected chi connectivity index (χ1v) is 8.82. The number of nitrogens with zero attached hydrogens (tertiary/aromatic N) is 2. The largest absolute Gasteiger partial charge is 0.337 e. The zero-order valence-corrected chi connectivity index (χ0v) is 14.6. The van der Waals surface area contributed by atoms with E-state index in [0.29, 0.717) is 30.6 Å². The Balaban J connectivity index is 1.67. The van der Waals surface area contributed by atoms with Crippen LogP contribution in [-0.2, 0) is 6.42 Å². The number of carbonyl (C=O) groups is 1. The monoisotopic (exact) mass is 366 g/mol. The molecular formula is C20H19FN4O2. The van der Waals surface area contributed by atoms with Crippen LogP contribution in [-0.4, -0.2) is 40.1 Å². The average molecular weight is 366 g/mol. The number of aromatic amines is 1. The number of fused-ring (bicyclic) bond motifs is 1. The lowest BCUT2D eigenvalue weighted by Gasteiger charge is -2.17. The molecule has 27 heavy (non-hydrogen) atoms. The van der Waals surface area contributed by atoms with Crippen LogP contribution in [0.3, 0.4) is 0 Å². The summed E-state index contributed by atoms with van der Waals surface area (Å²) in [5, 5.41) is 7.92. The quantitative estimate of drug-likeness (QED) is 0.740. The Bertz CT molecular complexity index is 1080. The van der Waals surface area contributed by atoms with Crippen LogP contribution in [0.5, 0.6) is 0 Å². The first-order chi connectivity index (χ1) is 13.0. The van der Waals surface area contributed by atoms with Gasteiger partial charge in [0.1, 0.15) is 5.82 Å². The summed E-state index contributed by atoms with van der Waals surface area (Å²) in [6, 6.07) is 11.6. The number of hydrogen-bond acceptors (Lipinski definition) is 4. The highest BCUT2D eigenvalue weighted by molar-refractivity contribution is 5.95. The van der Waals surface area contributed by atoms with Crippen molar-refractivity contribution in [3.8, 4) is 0 Å². The molecule has 0 spiro atoms. The fourth-order valence-electron chi connectivity index (χ4n) is 3.49. The molecule has 7 heteroatoms. The lowest BCUT2D eigenvalue weighted by atomic mass is 10.0. The maximum Gasteiger partial charge on any atom is 0.272 e. The Morgan fingerprint density at radius 1 is 1.26 bits per heavy atom. The molecule has 1 aliphatic heterocycles. The van der Waals surface area contributed by atoms with Gasteiger partial charge in [-0.1, -0.05) is 24.3 Å². The van der Waals surface area contributed by atoms with Crippen LogP contribution >= 0.6 is 0 Å². The minimum atomic E-state index is -0.552. The minimum absolute atomic E-state index is 0.0373. The van der Waals surface area contributed by atoms with E-state index in [1.54, 1.807) is 29.2 Å². The van der Waals surface area contributed by atoms with Crippen molar-refractivity contribution in [1.29, 1.82) is 0 Å². The van der Waals surface area contributed by atoms with Crippen LogP contribution in [0.2, 0.25) is 0 Å². The highest BCUT2D eigenvalue weighted by Gasteiger charge is 2.26. The zero-order chi connectivity index (χ0) is 19.0. The molecule has 0 aliphatic carbocycles. The minimum Gasteiger partial charge on any atom is -0.337 e. The number of halogens is 1. The van der Waals surface area contributed by atoms with E-state index in [4.69, 9.17) is 5.73 Å². The topological polar surface area (TPSA) is 92.1 Å². The third-order valence-electron chi connectivity index (χ3n) is 4.92. The molecule has 2 aromatic carbocycles. The van der Waals surface area contributed by atoms with Gasteiger partial charge in [0.15, 0.2) is 0 Å². The summed E-state index contributed by atoms with van der Waals surface area (Å²) in [4.78, 5) is 26.1. The molecule has 1 aliphatic rings. The van der Waals surface area contributed by atoms with Crippen molar-refractivity contribution in [2.75, 3.05) is 13.1 Å². The molecule has 1 atom stereocenters. The molecule has 0 unspecified atom stereocenters. The molecule has 3 N–H and O–H groups in total. The molecule has 3 aromatic rings. The maximum atomic E-state index is 14.3. The molecule has 4 rings (SSSR count). The Hall–Kier alpha value is -3.06. The fourth-order valence-corrected chi connectivity index (χ4v) is 3.49. The predicted octanol–water partition coefficient (Wildman–Crippen LogP) is 1.83. The van der Waals surface area contributed by atoms with Crippen molar-refractivity contribution in [1.82, 2.24) is 15.1 Å². The summed E-state index contributed by atoms with van der Waals surface area (Å²) < 4.78 is 14.3. The summed E-state index contributed by atoms with van der Waals surface area (Å²) in [5.74, 6) is -0.898. The van der Waals surface area contributed by atoms with E-state index >= 15 is 0 Å². The van der Waals surface area contributed by atoms with Gasteiger partial charge in [-0.25, -0.2) is 9.49 Å². The molecule has 1 aromatic heterocycles. The van der Waals surface area contributed by atoms with Crippen LogP contribution in [0.4, 0.5) is 4.39 Å². The third-order valence-corrected chi connectivity index (χ3v) is 4.92. The van der Waals surface area contributed by atoms with Crippen LogP contribution in [0, 0.1) is 5.82 Å².